The highest BCUT2D eigenvalue weighted by Gasteiger charge is 2.35. The first-order valence-corrected chi connectivity index (χ1v) is 10.8. The van der Waals surface area contributed by atoms with Crippen LogP contribution in [0, 0.1) is 5.92 Å². The first kappa shape index (κ1) is 22.4. The van der Waals surface area contributed by atoms with Crippen LogP contribution in [0.2, 0.25) is 0 Å². The molecule has 3 rings (SSSR count). The fourth-order valence-corrected chi connectivity index (χ4v) is 4.27. The van der Waals surface area contributed by atoms with Gasteiger partial charge in [0.2, 0.25) is 0 Å². The lowest BCUT2D eigenvalue weighted by Crippen LogP contribution is -2.50. The van der Waals surface area contributed by atoms with Crippen molar-refractivity contribution in [3.63, 3.8) is 0 Å². The topological polar surface area (TPSA) is 74.3 Å². The number of esters is 2. The number of benzene rings is 1. The second-order valence-corrected chi connectivity index (χ2v) is 8.08. The van der Waals surface area contributed by atoms with Gasteiger partial charge in [0.15, 0.2) is 0 Å². The molecule has 0 aromatic heterocycles. The molecule has 1 saturated heterocycles. The van der Waals surface area contributed by atoms with E-state index in [1.54, 1.807) is 20.3 Å². The Morgan fingerprint density at radius 3 is 2.40 bits per heavy atom. The molecule has 0 N–H and O–H groups in total. The van der Waals surface area contributed by atoms with Crippen LogP contribution in [0.1, 0.15) is 67.0 Å². The number of hydrogen-bond donors (Lipinski definition) is 0. The summed E-state index contributed by atoms with van der Waals surface area (Å²) in [6.45, 7) is 2.74. The second kappa shape index (κ2) is 10.7. The Morgan fingerprint density at radius 2 is 1.73 bits per heavy atom. The van der Waals surface area contributed by atoms with E-state index in [0.29, 0.717) is 17.1 Å². The van der Waals surface area contributed by atoms with Crippen molar-refractivity contribution in [1.29, 1.82) is 0 Å². The quantitative estimate of drug-likeness (QED) is 0.377. The van der Waals surface area contributed by atoms with Crippen LogP contribution in [-0.4, -0.2) is 57.8 Å². The molecule has 1 fully saturated rings. The van der Waals surface area contributed by atoms with E-state index in [1.165, 1.54) is 32.8 Å². The Hall–Kier alpha value is -2.28. The predicted octanol–water partition coefficient (Wildman–Crippen LogP) is 3.75. The third kappa shape index (κ3) is 5.25. The summed E-state index contributed by atoms with van der Waals surface area (Å²) >= 11 is 0. The summed E-state index contributed by atoms with van der Waals surface area (Å²) in [6.07, 6.45) is 7.50. The maximum absolute atomic E-state index is 12.2. The molecule has 1 aromatic carbocycles. The summed E-state index contributed by atoms with van der Waals surface area (Å²) in [5.74, 6) is 0.865. The molecule has 7 heteroatoms. The lowest BCUT2D eigenvalue weighted by Gasteiger charge is -2.37. The Balaban J connectivity index is 1.30. The van der Waals surface area contributed by atoms with E-state index in [9.17, 15) is 9.59 Å². The molecule has 2 aliphatic rings. The number of likely N-dealkylation sites (tertiary alicyclic amines) is 1. The van der Waals surface area contributed by atoms with Gasteiger partial charge in [-0.05, 0) is 31.9 Å². The van der Waals surface area contributed by atoms with Crippen molar-refractivity contribution >= 4 is 11.9 Å². The number of nitrogens with zero attached hydrogens (tertiary/aromatic N) is 1. The summed E-state index contributed by atoms with van der Waals surface area (Å²) in [4.78, 5) is 25.9. The van der Waals surface area contributed by atoms with Crippen molar-refractivity contribution in [2.24, 2.45) is 5.92 Å². The molecule has 166 valence electrons. The van der Waals surface area contributed by atoms with Gasteiger partial charge in [-0.15, -0.1) is 0 Å². The first-order valence-electron chi connectivity index (χ1n) is 10.8. The normalized spacial score (nSPS) is 18.5. The van der Waals surface area contributed by atoms with Crippen LogP contribution in [0.4, 0.5) is 0 Å². The number of cyclic esters (lactones) is 1. The zero-order valence-electron chi connectivity index (χ0n) is 18.3. The smallest absolute Gasteiger partial charge is 0.342 e. The average molecular weight is 420 g/mol. The zero-order chi connectivity index (χ0) is 21.5. The molecule has 2 heterocycles. The SMILES string of the molecule is COC(=O)C1CN(CCCCCCCC[C@H]2OC(=O)c3c(OC)cc(OC)cc32)C1. The van der Waals surface area contributed by atoms with E-state index in [4.69, 9.17) is 18.9 Å². The fraction of sp³-hybridized carbons (Fsp3) is 0.652. The summed E-state index contributed by atoms with van der Waals surface area (Å²) in [5.41, 5.74) is 1.40. The number of carbonyl (C=O) groups is 2. The van der Waals surface area contributed by atoms with Crippen molar-refractivity contribution < 1.29 is 28.5 Å². The van der Waals surface area contributed by atoms with Crippen LogP contribution >= 0.6 is 0 Å². The largest absolute Gasteiger partial charge is 0.497 e. The van der Waals surface area contributed by atoms with E-state index in [-0.39, 0.29) is 24.0 Å². The Labute approximate surface area is 178 Å². The molecule has 1 aromatic rings. The van der Waals surface area contributed by atoms with Gasteiger partial charge in [0.05, 0.1) is 27.2 Å². The molecule has 2 aliphatic heterocycles. The highest BCUT2D eigenvalue weighted by atomic mass is 16.6. The van der Waals surface area contributed by atoms with Crippen LogP contribution in [0.25, 0.3) is 0 Å². The van der Waals surface area contributed by atoms with Gasteiger partial charge >= 0.3 is 11.9 Å². The van der Waals surface area contributed by atoms with E-state index < -0.39 is 0 Å². The zero-order valence-corrected chi connectivity index (χ0v) is 18.3. The fourth-order valence-electron chi connectivity index (χ4n) is 4.27. The summed E-state index contributed by atoms with van der Waals surface area (Å²) in [7, 11) is 4.61. The van der Waals surface area contributed by atoms with Crippen LogP contribution < -0.4 is 9.47 Å². The predicted molar refractivity (Wildman–Crippen MR) is 112 cm³/mol. The number of ether oxygens (including phenoxy) is 4. The molecule has 0 saturated carbocycles. The highest BCUT2D eigenvalue weighted by molar-refractivity contribution is 5.97. The number of hydrogen-bond acceptors (Lipinski definition) is 7. The van der Waals surface area contributed by atoms with Gasteiger partial charge in [-0.1, -0.05) is 25.7 Å². The third-order valence-corrected chi connectivity index (χ3v) is 6.04. The van der Waals surface area contributed by atoms with E-state index in [0.717, 1.165) is 44.5 Å². The highest BCUT2D eigenvalue weighted by Crippen LogP contribution is 2.41. The minimum absolute atomic E-state index is 0.0738. The molecule has 30 heavy (non-hydrogen) atoms. The average Bonchev–Trinajstić information content (AvgIpc) is 3.05. The lowest BCUT2D eigenvalue weighted by molar-refractivity contribution is -0.151. The Morgan fingerprint density at radius 1 is 1.03 bits per heavy atom. The summed E-state index contributed by atoms with van der Waals surface area (Å²) in [6, 6.07) is 3.60. The molecule has 0 spiro atoms. The number of methoxy groups -OCH3 is 3. The molecule has 0 unspecified atom stereocenters. The maximum Gasteiger partial charge on any atom is 0.342 e. The van der Waals surface area contributed by atoms with E-state index in [1.807, 2.05) is 6.07 Å². The number of rotatable bonds is 12. The second-order valence-electron chi connectivity index (χ2n) is 8.08. The van der Waals surface area contributed by atoms with Crippen LogP contribution in [0.5, 0.6) is 11.5 Å². The van der Waals surface area contributed by atoms with Gasteiger partial charge < -0.3 is 23.8 Å². The summed E-state index contributed by atoms with van der Waals surface area (Å²) < 4.78 is 21.0. The van der Waals surface area contributed by atoms with Crippen LogP contribution in [0.15, 0.2) is 12.1 Å². The van der Waals surface area contributed by atoms with Gasteiger partial charge in [-0.3, -0.25) is 4.79 Å². The standard InChI is InChI=1S/C23H33NO6/c1-27-17-12-18-19(30-23(26)21(18)20(13-17)28-2)10-8-6-4-5-7-9-11-24-14-16(15-24)22(25)29-3/h12-13,16,19H,4-11,14-15H2,1-3H3/t19-/m1/s1. The number of carbonyl (C=O) groups excluding carboxylic acids is 2. The van der Waals surface area contributed by atoms with Crippen molar-refractivity contribution in [3.05, 3.63) is 23.3 Å². The molecular formula is C23H33NO6. The minimum Gasteiger partial charge on any atom is -0.497 e. The molecule has 0 amide bonds. The van der Waals surface area contributed by atoms with Crippen molar-refractivity contribution in [1.82, 2.24) is 4.90 Å². The van der Waals surface area contributed by atoms with Crippen molar-refractivity contribution in [2.45, 2.75) is 51.0 Å². The number of unbranched alkanes of at least 4 members (excludes halogenated alkanes) is 5. The third-order valence-electron chi connectivity index (χ3n) is 6.04. The first-order chi connectivity index (χ1) is 14.6. The molecule has 7 nitrogen and oxygen atoms in total. The Kier molecular flexibility index (Phi) is 7.96. The van der Waals surface area contributed by atoms with Crippen LogP contribution in [0.3, 0.4) is 0 Å². The maximum atomic E-state index is 12.2. The van der Waals surface area contributed by atoms with Gasteiger partial charge in [0, 0.05) is 24.7 Å². The van der Waals surface area contributed by atoms with Gasteiger partial charge in [0.25, 0.3) is 0 Å². The molecule has 0 bridgehead atoms. The Bertz CT molecular complexity index is 743. The van der Waals surface area contributed by atoms with E-state index >= 15 is 0 Å². The lowest BCUT2D eigenvalue weighted by atomic mass is 9.98. The molecule has 0 aliphatic carbocycles. The van der Waals surface area contributed by atoms with Crippen molar-refractivity contribution in [3.8, 4) is 11.5 Å². The number of fused-ring (bicyclic) bond motifs is 1. The monoisotopic (exact) mass is 419 g/mol. The molecular weight excluding hydrogens is 386 g/mol. The van der Waals surface area contributed by atoms with Gasteiger partial charge in [-0.25, -0.2) is 4.79 Å². The van der Waals surface area contributed by atoms with Crippen molar-refractivity contribution in [2.75, 3.05) is 41.0 Å². The van der Waals surface area contributed by atoms with Gasteiger partial charge in [0.1, 0.15) is 23.2 Å². The molecule has 1 atom stereocenters. The van der Waals surface area contributed by atoms with E-state index in [2.05, 4.69) is 4.90 Å². The minimum atomic E-state index is -0.310. The van der Waals surface area contributed by atoms with Gasteiger partial charge in [-0.2, -0.15) is 0 Å². The molecule has 0 radical (unpaired) electrons. The van der Waals surface area contributed by atoms with Crippen LogP contribution in [-0.2, 0) is 14.3 Å². The summed E-state index contributed by atoms with van der Waals surface area (Å²) in [5, 5.41) is 0.